The molecule has 0 aliphatic heterocycles. The molecule has 0 nitrogen and oxygen atoms in total. The molecule has 0 bridgehead atoms. The van der Waals surface area contributed by atoms with Crippen LogP contribution in [0.25, 0.3) is 0 Å². The lowest BCUT2D eigenvalue weighted by Gasteiger charge is -1.82. The van der Waals surface area contributed by atoms with Gasteiger partial charge in [0.05, 0.1) is 0 Å². The number of rotatable bonds is 2. The summed E-state index contributed by atoms with van der Waals surface area (Å²) in [6.07, 6.45) is 9.61. The first-order chi connectivity index (χ1) is 4.31. The molecule has 0 unspecified atom stereocenters. The predicted molar refractivity (Wildman–Crippen MR) is 37.7 cm³/mol. The summed E-state index contributed by atoms with van der Waals surface area (Å²) in [4.78, 5) is 0. The topological polar surface area (TPSA) is 0 Å². The molecule has 0 aromatic heterocycles. The van der Waals surface area contributed by atoms with Crippen molar-refractivity contribution >= 4 is 0 Å². The maximum atomic E-state index is 11.4. The van der Waals surface area contributed by atoms with E-state index in [0.717, 1.165) is 5.57 Å². The molecule has 0 spiro atoms. The minimum Gasteiger partial charge on any atom is -0.247 e. The van der Waals surface area contributed by atoms with Gasteiger partial charge in [0.1, 0.15) is 6.67 Å². The molecule has 0 atom stereocenters. The molecule has 0 aliphatic carbocycles. The van der Waals surface area contributed by atoms with E-state index in [1.54, 1.807) is 12.2 Å². The van der Waals surface area contributed by atoms with Crippen molar-refractivity contribution in [3.63, 3.8) is 0 Å². The van der Waals surface area contributed by atoms with Gasteiger partial charge in [-0.15, -0.1) is 6.42 Å². The Morgan fingerprint density at radius 3 is 2.89 bits per heavy atom. The fourth-order valence-electron chi connectivity index (χ4n) is 0.410. The Morgan fingerprint density at radius 2 is 2.44 bits per heavy atom. The molecule has 0 amide bonds. The summed E-state index contributed by atoms with van der Waals surface area (Å²) in [5.74, 6) is 2.34. The van der Waals surface area contributed by atoms with Crippen molar-refractivity contribution in [1.82, 2.24) is 0 Å². The second kappa shape index (κ2) is 5.11. The van der Waals surface area contributed by atoms with Gasteiger partial charge in [0.2, 0.25) is 0 Å². The fourth-order valence-corrected chi connectivity index (χ4v) is 0.410. The van der Waals surface area contributed by atoms with E-state index >= 15 is 0 Å². The van der Waals surface area contributed by atoms with E-state index in [-0.39, 0.29) is 0 Å². The average molecular weight is 124 g/mol. The van der Waals surface area contributed by atoms with Gasteiger partial charge in [0.15, 0.2) is 0 Å². The van der Waals surface area contributed by atoms with Crippen molar-refractivity contribution in [2.24, 2.45) is 0 Å². The van der Waals surface area contributed by atoms with Crippen LogP contribution in [0.1, 0.15) is 6.92 Å². The molecule has 0 heterocycles. The Bertz CT molecular complexity index is 158. The summed E-state index contributed by atoms with van der Waals surface area (Å²) >= 11 is 0. The van der Waals surface area contributed by atoms with Gasteiger partial charge < -0.3 is 0 Å². The smallest absolute Gasteiger partial charge is 0.108 e. The van der Waals surface area contributed by atoms with Crippen molar-refractivity contribution in [3.8, 4) is 12.3 Å². The number of allylic oxidation sites excluding steroid dienone is 4. The number of terminal acetylenes is 1. The molecule has 0 aliphatic rings. The lowest BCUT2D eigenvalue weighted by molar-refractivity contribution is 0.561. The Kier molecular flexibility index (Phi) is 4.53. The molecule has 0 radical (unpaired) electrons. The highest BCUT2D eigenvalue weighted by Crippen LogP contribution is 1.92. The number of hydrogen-bond acceptors (Lipinski definition) is 0. The second-order valence-corrected chi connectivity index (χ2v) is 1.61. The number of halogens is 1. The van der Waals surface area contributed by atoms with Gasteiger partial charge in [0.25, 0.3) is 0 Å². The summed E-state index contributed by atoms with van der Waals surface area (Å²) in [5.41, 5.74) is 0.898. The highest BCUT2D eigenvalue weighted by molar-refractivity contribution is 5.24. The van der Waals surface area contributed by atoms with Crippen molar-refractivity contribution in [2.45, 2.75) is 6.92 Å². The van der Waals surface area contributed by atoms with Crippen LogP contribution in [0.15, 0.2) is 23.8 Å². The highest BCUT2D eigenvalue weighted by atomic mass is 19.1. The first kappa shape index (κ1) is 7.97. The molecule has 0 saturated carbocycles. The van der Waals surface area contributed by atoms with Crippen LogP contribution in [0, 0.1) is 12.3 Å². The van der Waals surface area contributed by atoms with Gasteiger partial charge in [-0.25, -0.2) is 4.39 Å². The largest absolute Gasteiger partial charge is 0.247 e. The lowest BCUT2D eigenvalue weighted by Crippen LogP contribution is -1.67. The summed E-state index contributed by atoms with van der Waals surface area (Å²) in [6, 6.07) is 0. The Hall–Kier alpha value is -1.03. The zero-order chi connectivity index (χ0) is 7.11. The van der Waals surface area contributed by atoms with Crippen molar-refractivity contribution < 1.29 is 4.39 Å². The maximum absolute atomic E-state index is 11.4. The van der Waals surface area contributed by atoms with E-state index in [1.165, 1.54) is 6.08 Å². The van der Waals surface area contributed by atoms with Crippen LogP contribution >= 0.6 is 0 Å². The van der Waals surface area contributed by atoms with E-state index in [0.29, 0.717) is 0 Å². The van der Waals surface area contributed by atoms with Gasteiger partial charge in [-0.05, 0) is 18.6 Å². The molecule has 0 fully saturated rings. The van der Waals surface area contributed by atoms with Crippen LogP contribution in [0.3, 0.4) is 0 Å². The zero-order valence-corrected chi connectivity index (χ0v) is 5.39. The van der Waals surface area contributed by atoms with Gasteiger partial charge in [0, 0.05) is 0 Å². The first-order valence-electron chi connectivity index (χ1n) is 2.66. The van der Waals surface area contributed by atoms with E-state index in [9.17, 15) is 4.39 Å². The summed E-state index contributed by atoms with van der Waals surface area (Å²) in [6.45, 7) is 1.39. The van der Waals surface area contributed by atoms with Crippen LogP contribution in [-0.4, -0.2) is 6.67 Å². The Balaban J connectivity index is 3.79. The highest BCUT2D eigenvalue weighted by Gasteiger charge is 1.75. The molecule has 0 rings (SSSR count). The van der Waals surface area contributed by atoms with Crippen molar-refractivity contribution in [3.05, 3.63) is 23.8 Å². The molecule has 1 heteroatoms. The second-order valence-electron chi connectivity index (χ2n) is 1.61. The Labute approximate surface area is 55.1 Å². The van der Waals surface area contributed by atoms with Crippen LogP contribution in [0.5, 0.6) is 0 Å². The zero-order valence-electron chi connectivity index (χ0n) is 5.39. The standard InChI is InChI=1S/C8H9F/c1-3-5-8(2)6-4-7-9/h1,4-6H,7H2,2H3/b6-4-,8-5-. The molecule has 0 aromatic rings. The summed E-state index contributed by atoms with van der Waals surface area (Å²) in [7, 11) is 0. The molecular weight excluding hydrogens is 115 g/mol. The van der Waals surface area contributed by atoms with Gasteiger partial charge >= 0.3 is 0 Å². The molecule has 0 N–H and O–H groups in total. The SMILES string of the molecule is C#C/C=C(C)\C=C/CF. The van der Waals surface area contributed by atoms with Crippen LogP contribution in [-0.2, 0) is 0 Å². The third-order valence-electron chi connectivity index (χ3n) is 0.781. The van der Waals surface area contributed by atoms with Crippen molar-refractivity contribution in [2.75, 3.05) is 6.67 Å². The van der Waals surface area contributed by atoms with Crippen molar-refractivity contribution in [1.29, 1.82) is 0 Å². The Morgan fingerprint density at radius 1 is 1.78 bits per heavy atom. The van der Waals surface area contributed by atoms with Gasteiger partial charge in [-0.3, -0.25) is 0 Å². The van der Waals surface area contributed by atoms with E-state index in [4.69, 9.17) is 6.42 Å². The van der Waals surface area contributed by atoms with E-state index < -0.39 is 6.67 Å². The van der Waals surface area contributed by atoms with Gasteiger partial charge in [-0.1, -0.05) is 18.1 Å². The quantitative estimate of drug-likeness (QED) is 0.390. The van der Waals surface area contributed by atoms with E-state index in [2.05, 4.69) is 5.92 Å². The maximum Gasteiger partial charge on any atom is 0.108 e. The molecular formula is C8H9F. The lowest BCUT2D eigenvalue weighted by atomic mass is 10.2. The minimum atomic E-state index is -0.435. The van der Waals surface area contributed by atoms with Crippen LogP contribution in [0.2, 0.25) is 0 Å². The average Bonchev–Trinajstić information content (AvgIpc) is 1.85. The first-order valence-corrected chi connectivity index (χ1v) is 2.66. The third-order valence-corrected chi connectivity index (χ3v) is 0.781. The monoisotopic (exact) mass is 124 g/mol. The fraction of sp³-hybridized carbons (Fsp3) is 0.250. The molecule has 0 aromatic carbocycles. The summed E-state index contributed by atoms with van der Waals surface area (Å²) < 4.78 is 11.4. The predicted octanol–water partition coefficient (Wildman–Crippen LogP) is 2.09. The van der Waals surface area contributed by atoms with E-state index in [1.807, 2.05) is 6.92 Å². The molecule has 9 heavy (non-hydrogen) atoms. The number of alkyl halides is 1. The normalized spacial score (nSPS) is 11.9. The van der Waals surface area contributed by atoms with Gasteiger partial charge in [-0.2, -0.15) is 0 Å². The molecule has 48 valence electrons. The van der Waals surface area contributed by atoms with Crippen LogP contribution < -0.4 is 0 Å². The minimum absolute atomic E-state index is 0.435. The third kappa shape index (κ3) is 4.83. The number of hydrogen-bond donors (Lipinski definition) is 0. The summed E-state index contributed by atoms with van der Waals surface area (Å²) in [5, 5.41) is 0. The molecule has 0 saturated heterocycles. The van der Waals surface area contributed by atoms with Crippen LogP contribution in [0.4, 0.5) is 4.39 Å².